The zero-order valence-corrected chi connectivity index (χ0v) is 17.3. The fourth-order valence-electron chi connectivity index (χ4n) is 2.75. The van der Waals surface area contributed by atoms with Crippen molar-refractivity contribution in [2.75, 3.05) is 5.32 Å². The predicted molar refractivity (Wildman–Crippen MR) is 118 cm³/mol. The van der Waals surface area contributed by atoms with Crippen LogP contribution in [0.2, 0.25) is 0 Å². The third-order valence-corrected chi connectivity index (χ3v) is 4.42. The number of rotatable bonds is 5. The maximum atomic E-state index is 12.3. The van der Waals surface area contributed by atoms with E-state index >= 15 is 0 Å². The van der Waals surface area contributed by atoms with Gasteiger partial charge in [-0.05, 0) is 49.4 Å². The summed E-state index contributed by atoms with van der Waals surface area (Å²) in [5.41, 5.74) is 3.81. The molecule has 1 N–H and O–H groups in total. The molecule has 1 atom stereocenters. The van der Waals surface area contributed by atoms with Crippen LogP contribution < -0.4 is 5.32 Å². The molecule has 1 heterocycles. The quantitative estimate of drug-likeness (QED) is 0.524. The Morgan fingerprint density at radius 1 is 1.17 bits per heavy atom. The Hall–Kier alpha value is -3.78. The molecule has 0 aliphatic carbocycles. The normalized spacial score (nSPS) is 11.6. The molecule has 152 valence electrons. The number of benzene rings is 2. The Bertz CT molecular complexity index is 1070. The van der Waals surface area contributed by atoms with Crippen LogP contribution in [0.15, 0.2) is 65.2 Å². The number of nitrogens with one attached hydrogen (secondary N) is 1. The second-order valence-corrected chi connectivity index (χ2v) is 6.74. The van der Waals surface area contributed by atoms with E-state index < -0.39 is 6.09 Å². The summed E-state index contributed by atoms with van der Waals surface area (Å²) in [5, 5.41) is 6.61. The molecule has 5 heteroatoms. The van der Waals surface area contributed by atoms with E-state index in [0.29, 0.717) is 11.4 Å². The van der Waals surface area contributed by atoms with Gasteiger partial charge in [-0.1, -0.05) is 72.6 Å². The predicted octanol–water partition coefficient (Wildman–Crippen LogP) is 6.12. The molecule has 5 nitrogen and oxygen atoms in total. The number of carbonyl (C=O) groups is 1. The molecule has 0 radical (unpaired) electrons. The van der Waals surface area contributed by atoms with Crippen molar-refractivity contribution in [1.29, 1.82) is 0 Å². The number of carbonyl (C=O) groups excluding carboxylic acids is 1. The summed E-state index contributed by atoms with van der Waals surface area (Å²) in [6, 6.07) is 17.4. The number of ether oxygens (including phenoxy) is 1. The number of aryl methyl sites for hydroxylation is 1. The standard InChI is InChI=1S/C25H24N2O3/c1-4-5-9-20-12-14-21(15-13-20)16-17-23-24(18(2)27-30-23)26-25(28)29-19(3)22-10-7-6-8-11-22/h5-15,19H,4H2,1-3H3,(H,26,28)/b9-5+/t19-/m1/s1. The molecule has 0 bridgehead atoms. The maximum absolute atomic E-state index is 12.3. The van der Waals surface area contributed by atoms with Crippen LogP contribution in [0, 0.1) is 18.8 Å². The smallest absolute Gasteiger partial charge is 0.412 e. The van der Waals surface area contributed by atoms with E-state index in [2.05, 4.69) is 41.4 Å². The number of hydrogen-bond acceptors (Lipinski definition) is 4. The topological polar surface area (TPSA) is 64.4 Å². The van der Waals surface area contributed by atoms with E-state index in [0.717, 1.165) is 23.1 Å². The Kier molecular flexibility index (Phi) is 7.07. The van der Waals surface area contributed by atoms with E-state index in [4.69, 9.17) is 9.26 Å². The average molecular weight is 400 g/mol. The second kappa shape index (κ2) is 10.1. The van der Waals surface area contributed by atoms with Gasteiger partial charge in [0, 0.05) is 5.56 Å². The van der Waals surface area contributed by atoms with Crippen LogP contribution in [-0.4, -0.2) is 11.2 Å². The van der Waals surface area contributed by atoms with E-state index in [1.165, 1.54) is 0 Å². The zero-order valence-electron chi connectivity index (χ0n) is 17.3. The largest absolute Gasteiger partial charge is 0.441 e. The monoisotopic (exact) mass is 400 g/mol. The van der Waals surface area contributed by atoms with Crippen molar-refractivity contribution in [2.24, 2.45) is 0 Å². The van der Waals surface area contributed by atoms with Gasteiger partial charge in [0.05, 0.1) is 0 Å². The molecule has 2 aromatic carbocycles. The molecule has 0 spiro atoms. The van der Waals surface area contributed by atoms with E-state index in [1.807, 2.05) is 61.5 Å². The minimum absolute atomic E-state index is 0.284. The summed E-state index contributed by atoms with van der Waals surface area (Å²) < 4.78 is 10.7. The van der Waals surface area contributed by atoms with Crippen molar-refractivity contribution < 1.29 is 14.1 Å². The fraction of sp³-hybridized carbons (Fsp3) is 0.200. The number of amides is 1. The minimum atomic E-state index is -0.590. The van der Waals surface area contributed by atoms with Gasteiger partial charge in [-0.2, -0.15) is 0 Å². The Morgan fingerprint density at radius 2 is 1.90 bits per heavy atom. The number of aromatic nitrogens is 1. The molecule has 0 saturated carbocycles. The van der Waals surface area contributed by atoms with Crippen molar-refractivity contribution in [3.8, 4) is 11.8 Å². The van der Waals surface area contributed by atoms with Gasteiger partial charge in [0.1, 0.15) is 17.5 Å². The highest BCUT2D eigenvalue weighted by molar-refractivity contribution is 5.87. The van der Waals surface area contributed by atoms with Crippen molar-refractivity contribution in [2.45, 2.75) is 33.3 Å². The van der Waals surface area contributed by atoms with Crippen LogP contribution in [-0.2, 0) is 4.74 Å². The molecule has 0 unspecified atom stereocenters. The zero-order chi connectivity index (χ0) is 21.3. The summed E-state index contributed by atoms with van der Waals surface area (Å²) in [6.07, 6.45) is 4.19. The highest BCUT2D eigenvalue weighted by Crippen LogP contribution is 2.22. The van der Waals surface area contributed by atoms with Crippen LogP contribution >= 0.6 is 0 Å². The van der Waals surface area contributed by atoms with Crippen molar-refractivity contribution >= 4 is 17.9 Å². The van der Waals surface area contributed by atoms with Crippen LogP contribution in [0.5, 0.6) is 0 Å². The highest BCUT2D eigenvalue weighted by Gasteiger charge is 2.17. The van der Waals surface area contributed by atoms with Crippen molar-refractivity contribution in [1.82, 2.24) is 5.16 Å². The molecule has 1 aromatic heterocycles. The summed E-state index contributed by atoms with van der Waals surface area (Å²) in [6.45, 7) is 5.65. The van der Waals surface area contributed by atoms with E-state index in [1.54, 1.807) is 6.92 Å². The molecule has 3 rings (SSSR count). The fourth-order valence-corrected chi connectivity index (χ4v) is 2.75. The van der Waals surface area contributed by atoms with Gasteiger partial charge in [0.25, 0.3) is 0 Å². The Balaban J connectivity index is 1.69. The lowest BCUT2D eigenvalue weighted by Gasteiger charge is -2.13. The minimum Gasteiger partial charge on any atom is -0.441 e. The van der Waals surface area contributed by atoms with Crippen molar-refractivity contribution in [3.63, 3.8) is 0 Å². The van der Waals surface area contributed by atoms with Crippen LogP contribution in [0.4, 0.5) is 10.5 Å². The van der Waals surface area contributed by atoms with Gasteiger partial charge < -0.3 is 9.26 Å². The van der Waals surface area contributed by atoms with Gasteiger partial charge in [-0.15, -0.1) is 0 Å². The number of allylic oxidation sites excluding steroid dienone is 1. The number of hydrogen-bond donors (Lipinski definition) is 1. The molecule has 0 saturated heterocycles. The average Bonchev–Trinajstić information content (AvgIpc) is 3.11. The molecule has 0 fully saturated rings. The SMILES string of the molecule is CC/C=C/c1ccc(C#Cc2onc(C)c2NC(=O)O[C@H](C)c2ccccc2)cc1. The van der Waals surface area contributed by atoms with Crippen LogP contribution in [0.25, 0.3) is 6.08 Å². The first-order valence-corrected chi connectivity index (χ1v) is 9.84. The van der Waals surface area contributed by atoms with E-state index in [9.17, 15) is 4.79 Å². The van der Waals surface area contributed by atoms with Gasteiger partial charge in [-0.25, -0.2) is 4.79 Å². The first kappa shape index (κ1) is 20.9. The molecular weight excluding hydrogens is 376 g/mol. The third kappa shape index (κ3) is 5.62. The van der Waals surface area contributed by atoms with Crippen LogP contribution in [0.3, 0.4) is 0 Å². The van der Waals surface area contributed by atoms with Gasteiger partial charge in [-0.3, -0.25) is 5.32 Å². The lowest BCUT2D eigenvalue weighted by molar-refractivity contribution is 0.121. The van der Waals surface area contributed by atoms with Gasteiger partial charge in [0.15, 0.2) is 0 Å². The lowest BCUT2D eigenvalue weighted by Crippen LogP contribution is -2.16. The first-order valence-electron chi connectivity index (χ1n) is 9.84. The Morgan fingerprint density at radius 3 is 2.60 bits per heavy atom. The second-order valence-electron chi connectivity index (χ2n) is 6.74. The molecular formula is C25H24N2O3. The van der Waals surface area contributed by atoms with E-state index in [-0.39, 0.29) is 11.9 Å². The molecule has 1 amide bonds. The summed E-state index contributed by atoms with van der Waals surface area (Å²) in [7, 11) is 0. The maximum Gasteiger partial charge on any atom is 0.412 e. The molecule has 0 aliphatic heterocycles. The highest BCUT2D eigenvalue weighted by atomic mass is 16.6. The lowest BCUT2D eigenvalue weighted by atomic mass is 10.1. The molecule has 0 aliphatic rings. The Labute approximate surface area is 176 Å². The van der Waals surface area contributed by atoms with Crippen molar-refractivity contribution in [3.05, 3.63) is 88.8 Å². The number of anilines is 1. The molecule has 30 heavy (non-hydrogen) atoms. The number of nitrogens with zero attached hydrogens (tertiary/aromatic N) is 1. The summed E-state index contributed by atoms with van der Waals surface area (Å²) in [4.78, 5) is 12.3. The first-order chi connectivity index (χ1) is 14.6. The summed E-state index contributed by atoms with van der Waals surface area (Å²) >= 11 is 0. The van der Waals surface area contributed by atoms with Gasteiger partial charge in [0.2, 0.25) is 5.76 Å². The van der Waals surface area contributed by atoms with Gasteiger partial charge >= 0.3 is 6.09 Å². The third-order valence-electron chi connectivity index (χ3n) is 4.42. The summed E-state index contributed by atoms with van der Waals surface area (Å²) in [5.74, 6) is 6.26. The van der Waals surface area contributed by atoms with Crippen LogP contribution in [0.1, 0.15) is 54.5 Å². The molecule has 3 aromatic rings.